The zero-order valence-corrected chi connectivity index (χ0v) is 16.9. The van der Waals surface area contributed by atoms with Gasteiger partial charge in [0.05, 0.1) is 0 Å². The monoisotopic (exact) mass is 440 g/mol. The largest absolute Gasteiger partial charge is 0.0760 e. The van der Waals surface area contributed by atoms with Crippen molar-refractivity contribution in [2.75, 3.05) is 0 Å². The molecule has 0 nitrogen and oxygen atoms in total. The van der Waals surface area contributed by atoms with Crippen molar-refractivity contribution >= 4 is 44.0 Å². The molecule has 0 bridgehead atoms. The number of benzene rings is 2. The van der Waals surface area contributed by atoms with Crippen molar-refractivity contribution in [1.29, 1.82) is 0 Å². The molecule has 2 aliphatic rings. The Balaban J connectivity index is 1.69. The third-order valence-corrected chi connectivity index (χ3v) is 6.45. The quantitative estimate of drug-likeness (QED) is 0.424. The predicted octanol–water partition coefficient (Wildman–Crippen LogP) is 7.47. The van der Waals surface area contributed by atoms with Gasteiger partial charge in [-0.25, -0.2) is 0 Å². The summed E-state index contributed by atoms with van der Waals surface area (Å²) in [5, 5.41) is 0. The van der Waals surface area contributed by atoms with E-state index in [1.54, 1.807) is 0 Å². The van der Waals surface area contributed by atoms with Gasteiger partial charge >= 0.3 is 0 Å². The van der Waals surface area contributed by atoms with Crippen LogP contribution in [-0.4, -0.2) is 0 Å². The Labute approximate surface area is 160 Å². The van der Waals surface area contributed by atoms with Gasteiger partial charge in [0, 0.05) is 20.8 Å². The minimum Gasteiger partial charge on any atom is -0.0760 e. The first-order valence-corrected chi connectivity index (χ1v) is 9.76. The van der Waals surface area contributed by atoms with Crippen molar-refractivity contribution < 1.29 is 0 Å². The van der Waals surface area contributed by atoms with Crippen molar-refractivity contribution in [2.45, 2.75) is 25.7 Å². The molecule has 2 heteroatoms. The van der Waals surface area contributed by atoms with Crippen LogP contribution in [0.2, 0.25) is 0 Å². The van der Waals surface area contributed by atoms with E-state index >= 15 is 0 Å². The van der Waals surface area contributed by atoms with Gasteiger partial charge in [0.15, 0.2) is 0 Å². The maximum atomic E-state index is 3.68. The number of hydrogen-bond donors (Lipinski definition) is 0. The molecule has 24 heavy (non-hydrogen) atoms. The fraction of sp³-hybridized carbons (Fsp3) is 0.182. The van der Waals surface area contributed by atoms with Gasteiger partial charge in [0.1, 0.15) is 0 Å². The van der Waals surface area contributed by atoms with E-state index in [-0.39, 0.29) is 0 Å². The first-order chi connectivity index (χ1) is 11.6. The Bertz CT molecular complexity index is 840. The van der Waals surface area contributed by atoms with Crippen LogP contribution in [0.3, 0.4) is 0 Å². The molecule has 0 saturated carbocycles. The molecule has 0 aromatic heterocycles. The van der Waals surface area contributed by atoms with E-state index in [2.05, 4.69) is 106 Å². The molecule has 2 aromatic rings. The maximum Gasteiger partial charge on any atom is 0.0250 e. The van der Waals surface area contributed by atoms with Crippen LogP contribution in [0.5, 0.6) is 0 Å². The SMILES string of the molecule is CC1=Cc2c(Br)cccc2C1/C=C\C1C(C)=Cc2c(Br)cccc21. The van der Waals surface area contributed by atoms with E-state index in [0.29, 0.717) is 11.8 Å². The lowest BCUT2D eigenvalue weighted by Gasteiger charge is -2.14. The summed E-state index contributed by atoms with van der Waals surface area (Å²) >= 11 is 7.35. The number of rotatable bonds is 2. The molecule has 0 amide bonds. The highest BCUT2D eigenvalue weighted by molar-refractivity contribution is 9.10. The average Bonchev–Trinajstić information content (AvgIpc) is 3.04. The summed E-state index contributed by atoms with van der Waals surface area (Å²) in [5.74, 6) is 0.753. The van der Waals surface area contributed by atoms with E-state index in [1.807, 2.05) is 0 Å². The Morgan fingerprint density at radius 2 is 1.12 bits per heavy atom. The number of halogens is 2. The lowest BCUT2D eigenvalue weighted by molar-refractivity contribution is 0.970. The minimum atomic E-state index is 0.376. The van der Waals surface area contributed by atoms with Crippen molar-refractivity contribution in [3.8, 4) is 0 Å². The summed E-state index contributed by atoms with van der Waals surface area (Å²) in [6.07, 6.45) is 9.36. The second-order valence-electron chi connectivity index (χ2n) is 6.60. The zero-order valence-electron chi connectivity index (χ0n) is 13.7. The van der Waals surface area contributed by atoms with Gasteiger partial charge in [-0.05, 0) is 48.2 Å². The minimum absolute atomic E-state index is 0.376. The summed E-state index contributed by atoms with van der Waals surface area (Å²) in [5.41, 5.74) is 8.25. The third-order valence-electron chi connectivity index (χ3n) is 5.06. The fourth-order valence-electron chi connectivity index (χ4n) is 3.81. The van der Waals surface area contributed by atoms with E-state index < -0.39 is 0 Å². The van der Waals surface area contributed by atoms with Crippen LogP contribution in [-0.2, 0) is 0 Å². The predicted molar refractivity (Wildman–Crippen MR) is 110 cm³/mol. The van der Waals surface area contributed by atoms with E-state index in [1.165, 1.54) is 42.3 Å². The molecule has 0 N–H and O–H groups in total. The van der Waals surface area contributed by atoms with Gasteiger partial charge < -0.3 is 0 Å². The molecule has 0 spiro atoms. The standard InChI is InChI=1S/C22H18Br2/c1-13-11-19-17(5-3-7-21(19)23)15(13)9-10-16-14(2)12-20-18(16)6-4-8-22(20)24/h3-12,15-16H,1-2H3/b10-9-. The fourth-order valence-corrected chi connectivity index (χ4v) is 4.80. The van der Waals surface area contributed by atoms with Crippen LogP contribution >= 0.6 is 31.9 Å². The second-order valence-corrected chi connectivity index (χ2v) is 8.31. The van der Waals surface area contributed by atoms with Gasteiger partial charge in [-0.2, -0.15) is 0 Å². The van der Waals surface area contributed by atoms with E-state index in [9.17, 15) is 0 Å². The van der Waals surface area contributed by atoms with Gasteiger partial charge in [0.2, 0.25) is 0 Å². The second kappa shape index (κ2) is 6.16. The van der Waals surface area contributed by atoms with Gasteiger partial charge in [-0.1, -0.05) is 91.6 Å². The number of allylic oxidation sites excluding steroid dienone is 4. The third kappa shape index (κ3) is 2.57. The molecular formula is C22H18Br2. The molecule has 2 aliphatic carbocycles. The Morgan fingerprint density at radius 1 is 0.708 bits per heavy atom. The maximum absolute atomic E-state index is 3.68. The van der Waals surface area contributed by atoms with Crippen LogP contribution in [0.1, 0.15) is 47.9 Å². The van der Waals surface area contributed by atoms with Crippen LogP contribution in [0, 0.1) is 0 Å². The van der Waals surface area contributed by atoms with E-state index in [0.717, 1.165) is 0 Å². The van der Waals surface area contributed by atoms with Crippen LogP contribution in [0.4, 0.5) is 0 Å². The summed E-state index contributed by atoms with van der Waals surface area (Å²) in [4.78, 5) is 0. The molecule has 120 valence electrons. The van der Waals surface area contributed by atoms with Gasteiger partial charge in [0.25, 0.3) is 0 Å². The first kappa shape index (κ1) is 16.1. The Morgan fingerprint density at radius 3 is 1.54 bits per heavy atom. The average molecular weight is 442 g/mol. The molecule has 0 saturated heterocycles. The van der Waals surface area contributed by atoms with Crippen LogP contribution < -0.4 is 0 Å². The van der Waals surface area contributed by atoms with Gasteiger partial charge in [-0.3, -0.25) is 0 Å². The van der Waals surface area contributed by atoms with Crippen molar-refractivity contribution in [1.82, 2.24) is 0 Å². The zero-order chi connectivity index (χ0) is 16.8. The summed E-state index contributed by atoms with van der Waals surface area (Å²) in [6.45, 7) is 4.45. The lowest BCUT2D eigenvalue weighted by atomic mass is 9.91. The van der Waals surface area contributed by atoms with Crippen LogP contribution in [0.15, 0.2) is 68.6 Å². The highest BCUT2D eigenvalue weighted by atomic mass is 79.9. The Kier molecular flexibility index (Phi) is 4.14. The Hall–Kier alpha value is -1.38. The highest BCUT2D eigenvalue weighted by Gasteiger charge is 2.24. The highest BCUT2D eigenvalue weighted by Crippen LogP contribution is 2.43. The normalized spacial score (nSPS) is 21.7. The number of hydrogen-bond acceptors (Lipinski definition) is 0. The molecule has 4 rings (SSSR count). The first-order valence-electron chi connectivity index (χ1n) is 8.18. The topological polar surface area (TPSA) is 0 Å². The number of fused-ring (bicyclic) bond motifs is 2. The van der Waals surface area contributed by atoms with Crippen molar-refractivity contribution in [3.63, 3.8) is 0 Å². The van der Waals surface area contributed by atoms with Crippen molar-refractivity contribution in [2.24, 2.45) is 0 Å². The molecule has 0 heterocycles. The summed E-state index contributed by atoms with van der Waals surface area (Å²) in [6, 6.07) is 13.0. The summed E-state index contributed by atoms with van der Waals surface area (Å²) < 4.78 is 2.36. The van der Waals surface area contributed by atoms with Crippen molar-refractivity contribution in [3.05, 3.63) is 90.9 Å². The van der Waals surface area contributed by atoms with Crippen LogP contribution in [0.25, 0.3) is 12.2 Å². The smallest absolute Gasteiger partial charge is 0.0250 e. The molecular weight excluding hydrogens is 424 g/mol. The molecule has 0 fully saturated rings. The molecule has 2 unspecified atom stereocenters. The molecule has 2 atom stereocenters. The molecule has 2 aromatic carbocycles. The lowest BCUT2D eigenvalue weighted by Crippen LogP contribution is -1.97. The van der Waals surface area contributed by atoms with Gasteiger partial charge in [-0.15, -0.1) is 0 Å². The van der Waals surface area contributed by atoms with E-state index in [4.69, 9.17) is 0 Å². The summed E-state index contributed by atoms with van der Waals surface area (Å²) in [7, 11) is 0. The molecule has 0 radical (unpaired) electrons. The molecule has 0 aliphatic heterocycles.